The fourth-order valence-corrected chi connectivity index (χ4v) is 1.68. The zero-order chi connectivity index (χ0) is 15.6. The van der Waals surface area contributed by atoms with Gasteiger partial charge in [0, 0.05) is 6.20 Å². The topological polar surface area (TPSA) is 59.4 Å². The molecule has 2 rings (SSSR count). The number of alkyl halides is 3. The van der Waals surface area contributed by atoms with Crippen molar-refractivity contribution in [2.24, 2.45) is 0 Å². The Kier molecular flexibility index (Phi) is 3.84. The average molecular weight is 297 g/mol. The molecule has 0 atom stereocenters. The van der Waals surface area contributed by atoms with Crippen molar-refractivity contribution in [3.8, 4) is 11.6 Å². The lowest BCUT2D eigenvalue weighted by Gasteiger charge is -2.13. The molecule has 0 aliphatic heterocycles. The largest absolute Gasteiger partial charge is 0.478 e. The van der Waals surface area contributed by atoms with Gasteiger partial charge in [0.05, 0.1) is 0 Å². The lowest BCUT2D eigenvalue weighted by atomic mass is 10.1. The third kappa shape index (κ3) is 3.31. The number of ether oxygens (including phenoxy) is 1. The molecule has 7 heteroatoms. The summed E-state index contributed by atoms with van der Waals surface area (Å²) in [5, 5.41) is 9.04. The molecule has 0 fully saturated rings. The van der Waals surface area contributed by atoms with Gasteiger partial charge in [0.2, 0.25) is 5.88 Å². The minimum atomic E-state index is -4.64. The second-order valence-corrected chi connectivity index (χ2v) is 4.26. The Morgan fingerprint density at radius 2 is 2.00 bits per heavy atom. The van der Waals surface area contributed by atoms with E-state index in [1.54, 1.807) is 6.92 Å². The molecule has 0 radical (unpaired) electrons. The number of hydrogen-bond acceptors (Lipinski definition) is 3. The van der Waals surface area contributed by atoms with Crippen molar-refractivity contribution in [2.75, 3.05) is 0 Å². The first-order valence-electron chi connectivity index (χ1n) is 5.83. The molecule has 0 amide bonds. The summed E-state index contributed by atoms with van der Waals surface area (Å²) in [4.78, 5) is 14.6. The molecule has 0 spiro atoms. The van der Waals surface area contributed by atoms with E-state index >= 15 is 0 Å². The van der Waals surface area contributed by atoms with Gasteiger partial charge < -0.3 is 9.84 Å². The minimum Gasteiger partial charge on any atom is -0.478 e. The first kappa shape index (κ1) is 14.8. The van der Waals surface area contributed by atoms with Crippen LogP contribution in [0.25, 0.3) is 0 Å². The average Bonchev–Trinajstić information content (AvgIpc) is 2.37. The predicted octanol–water partition coefficient (Wildman–Crippen LogP) is 3.90. The van der Waals surface area contributed by atoms with E-state index < -0.39 is 23.6 Å². The molecule has 1 aromatic carbocycles. The number of aromatic carboxylic acids is 1. The first-order valence-corrected chi connectivity index (χ1v) is 5.83. The molecule has 110 valence electrons. The summed E-state index contributed by atoms with van der Waals surface area (Å²) in [7, 11) is 0. The van der Waals surface area contributed by atoms with Crippen LogP contribution >= 0.6 is 0 Å². The number of aryl methyl sites for hydroxylation is 1. The number of pyridine rings is 1. The van der Waals surface area contributed by atoms with Gasteiger partial charge in [-0.2, -0.15) is 13.2 Å². The first-order chi connectivity index (χ1) is 9.79. The van der Waals surface area contributed by atoms with Gasteiger partial charge >= 0.3 is 12.1 Å². The Morgan fingerprint density at radius 3 is 2.62 bits per heavy atom. The van der Waals surface area contributed by atoms with Gasteiger partial charge in [-0.3, -0.25) is 0 Å². The van der Waals surface area contributed by atoms with Gasteiger partial charge in [0.1, 0.15) is 16.9 Å². The Balaban J connectivity index is 2.49. The number of halogens is 3. The van der Waals surface area contributed by atoms with Crippen LogP contribution in [-0.4, -0.2) is 16.1 Å². The number of hydrogen-bond donors (Lipinski definition) is 1. The maximum atomic E-state index is 12.9. The predicted molar refractivity (Wildman–Crippen MR) is 67.5 cm³/mol. The van der Waals surface area contributed by atoms with Crippen LogP contribution < -0.4 is 4.74 Å². The van der Waals surface area contributed by atoms with E-state index in [1.165, 1.54) is 18.2 Å². The molecule has 2 aromatic rings. The Morgan fingerprint density at radius 1 is 1.29 bits per heavy atom. The van der Waals surface area contributed by atoms with Crippen LogP contribution in [0.5, 0.6) is 11.6 Å². The zero-order valence-electron chi connectivity index (χ0n) is 10.8. The second kappa shape index (κ2) is 5.43. The number of carboxylic acids is 1. The van der Waals surface area contributed by atoms with E-state index in [0.717, 1.165) is 18.3 Å². The number of aromatic nitrogens is 1. The Bertz CT molecular complexity index is 683. The normalized spacial score (nSPS) is 11.2. The van der Waals surface area contributed by atoms with Gasteiger partial charge in [-0.1, -0.05) is 6.07 Å². The highest BCUT2D eigenvalue weighted by Gasteiger charge is 2.35. The standard InChI is InChI=1S/C14H10F3NO3/c1-8-4-5-9(13(19)20)11(7-8)21-12-10(14(15,16)17)3-2-6-18-12/h2-7H,1H3,(H,19,20). The maximum absolute atomic E-state index is 12.9. The van der Waals surface area contributed by atoms with Gasteiger partial charge in [-0.15, -0.1) is 0 Å². The van der Waals surface area contributed by atoms with Gasteiger partial charge in [0.15, 0.2) is 0 Å². The molecule has 0 aliphatic carbocycles. The Labute approximate surface area is 117 Å². The molecule has 0 saturated heterocycles. The number of nitrogens with zero attached hydrogens (tertiary/aromatic N) is 1. The van der Waals surface area contributed by atoms with Crippen LogP contribution in [0, 0.1) is 6.92 Å². The smallest absolute Gasteiger partial charge is 0.421 e. The highest BCUT2D eigenvalue weighted by Crippen LogP contribution is 2.37. The number of benzene rings is 1. The van der Waals surface area contributed by atoms with Crippen molar-refractivity contribution in [1.29, 1.82) is 0 Å². The summed E-state index contributed by atoms with van der Waals surface area (Å²) in [6.45, 7) is 1.67. The zero-order valence-corrected chi connectivity index (χ0v) is 10.8. The molecule has 0 unspecified atom stereocenters. The van der Waals surface area contributed by atoms with E-state index in [4.69, 9.17) is 9.84 Å². The number of carboxylic acid groups (broad SMARTS) is 1. The van der Waals surface area contributed by atoms with Crippen LogP contribution in [0.15, 0.2) is 36.5 Å². The molecule has 21 heavy (non-hydrogen) atoms. The summed E-state index contributed by atoms with van der Waals surface area (Å²) in [5.41, 5.74) is -0.651. The third-order valence-corrected chi connectivity index (χ3v) is 2.65. The van der Waals surface area contributed by atoms with Gasteiger partial charge in [-0.25, -0.2) is 9.78 Å². The van der Waals surface area contributed by atoms with Crippen molar-refractivity contribution in [3.05, 3.63) is 53.2 Å². The summed E-state index contributed by atoms with van der Waals surface area (Å²) < 4.78 is 43.7. The number of carbonyl (C=O) groups is 1. The molecule has 0 saturated carbocycles. The van der Waals surface area contributed by atoms with E-state index in [9.17, 15) is 18.0 Å². The minimum absolute atomic E-state index is 0.188. The fourth-order valence-electron chi connectivity index (χ4n) is 1.68. The molecular formula is C14H10F3NO3. The third-order valence-electron chi connectivity index (χ3n) is 2.65. The highest BCUT2D eigenvalue weighted by molar-refractivity contribution is 5.91. The van der Waals surface area contributed by atoms with Crippen LogP contribution in [0.1, 0.15) is 21.5 Å². The molecule has 1 N–H and O–H groups in total. The number of rotatable bonds is 3. The second-order valence-electron chi connectivity index (χ2n) is 4.26. The van der Waals surface area contributed by atoms with Gasteiger partial charge in [0.25, 0.3) is 0 Å². The van der Waals surface area contributed by atoms with Crippen molar-refractivity contribution >= 4 is 5.97 Å². The van der Waals surface area contributed by atoms with E-state index in [0.29, 0.717) is 5.56 Å². The van der Waals surface area contributed by atoms with Crippen LogP contribution in [-0.2, 0) is 6.18 Å². The summed E-state index contributed by atoms with van der Waals surface area (Å²) in [6.07, 6.45) is -3.50. The van der Waals surface area contributed by atoms with E-state index in [2.05, 4.69) is 4.98 Å². The van der Waals surface area contributed by atoms with Crippen LogP contribution in [0.3, 0.4) is 0 Å². The highest BCUT2D eigenvalue weighted by atomic mass is 19.4. The molecule has 0 aliphatic rings. The molecular weight excluding hydrogens is 287 g/mol. The SMILES string of the molecule is Cc1ccc(C(=O)O)c(Oc2ncccc2C(F)(F)F)c1. The van der Waals surface area contributed by atoms with Crippen molar-refractivity contribution < 1.29 is 27.8 Å². The van der Waals surface area contributed by atoms with Crippen molar-refractivity contribution in [2.45, 2.75) is 13.1 Å². The lowest BCUT2D eigenvalue weighted by molar-refractivity contribution is -0.138. The molecule has 4 nitrogen and oxygen atoms in total. The van der Waals surface area contributed by atoms with Gasteiger partial charge in [-0.05, 0) is 36.8 Å². The summed E-state index contributed by atoms with van der Waals surface area (Å²) in [6, 6.07) is 6.09. The fraction of sp³-hybridized carbons (Fsp3) is 0.143. The van der Waals surface area contributed by atoms with Crippen molar-refractivity contribution in [3.63, 3.8) is 0 Å². The summed E-state index contributed by atoms with van der Waals surface area (Å²) >= 11 is 0. The lowest BCUT2D eigenvalue weighted by Crippen LogP contribution is -2.09. The van der Waals surface area contributed by atoms with Crippen molar-refractivity contribution in [1.82, 2.24) is 4.98 Å². The molecule has 0 bridgehead atoms. The van der Waals surface area contributed by atoms with Crippen LogP contribution in [0.4, 0.5) is 13.2 Å². The van der Waals surface area contributed by atoms with E-state index in [-0.39, 0.29) is 11.3 Å². The Hall–Kier alpha value is -2.57. The van der Waals surface area contributed by atoms with E-state index in [1.807, 2.05) is 0 Å². The maximum Gasteiger partial charge on any atom is 0.421 e. The quantitative estimate of drug-likeness (QED) is 0.933. The molecule has 1 aromatic heterocycles. The summed E-state index contributed by atoms with van der Waals surface area (Å²) in [5.74, 6) is -2.17. The molecule has 1 heterocycles. The monoisotopic (exact) mass is 297 g/mol. The van der Waals surface area contributed by atoms with Crippen LogP contribution in [0.2, 0.25) is 0 Å².